The molecule has 0 saturated heterocycles. The molecule has 2 aromatic carbocycles. The third-order valence-electron chi connectivity index (χ3n) is 3.67. The zero-order valence-electron chi connectivity index (χ0n) is 11.3. The van der Waals surface area contributed by atoms with Crippen LogP contribution < -0.4 is 5.32 Å². The van der Waals surface area contributed by atoms with E-state index in [2.05, 4.69) is 71.9 Å². The van der Waals surface area contributed by atoms with E-state index in [9.17, 15) is 0 Å². The number of hydrogen-bond donors (Lipinski definition) is 1. The monoisotopic (exact) mass is 252 g/mol. The number of benzene rings is 2. The average molecular weight is 252 g/mol. The van der Waals surface area contributed by atoms with Gasteiger partial charge >= 0.3 is 0 Å². The summed E-state index contributed by atoms with van der Waals surface area (Å²) in [6.45, 7) is 2.08. The van der Waals surface area contributed by atoms with E-state index in [1.54, 1.807) is 0 Å². The fourth-order valence-corrected chi connectivity index (χ4v) is 2.82. The largest absolute Gasteiger partial charge is 0.380 e. The number of rotatable bonds is 4. The molecule has 2 heteroatoms. The molecule has 1 aliphatic rings. The molecule has 0 aromatic heterocycles. The summed E-state index contributed by atoms with van der Waals surface area (Å²) in [5, 5.41) is 3.61. The molecule has 2 aromatic rings. The number of likely N-dealkylation sites (N-methyl/N-ethyl adjacent to an activating group) is 1. The summed E-state index contributed by atoms with van der Waals surface area (Å²) in [7, 11) is 2.19. The van der Waals surface area contributed by atoms with Crippen molar-refractivity contribution in [3.05, 3.63) is 65.7 Å². The zero-order chi connectivity index (χ0) is 13.1. The van der Waals surface area contributed by atoms with Crippen LogP contribution in [0.3, 0.4) is 0 Å². The van der Waals surface area contributed by atoms with Crippen LogP contribution in [0.15, 0.2) is 54.6 Å². The molecule has 0 saturated carbocycles. The summed E-state index contributed by atoms with van der Waals surface area (Å²) in [6.07, 6.45) is 1.13. The van der Waals surface area contributed by atoms with E-state index in [-0.39, 0.29) is 0 Å². The first-order chi connectivity index (χ1) is 9.31. The molecule has 0 radical (unpaired) electrons. The predicted molar refractivity (Wildman–Crippen MR) is 80.3 cm³/mol. The van der Waals surface area contributed by atoms with Crippen molar-refractivity contribution in [2.45, 2.75) is 19.0 Å². The molecule has 98 valence electrons. The first-order valence-electron chi connectivity index (χ1n) is 6.88. The summed E-state index contributed by atoms with van der Waals surface area (Å²) in [6, 6.07) is 19.8. The number of nitrogens with zero attached hydrogens (tertiary/aromatic N) is 1. The standard InChI is InChI=1S/C17H20N2/c1-19(12-14-7-3-2-4-8-14)13-16-11-15-9-5-6-10-17(15)18-16/h2-10,16,18H,11-13H2,1H3. The maximum atomic E-state index is 3.61. The number of fused-ring (bicyclic) bond motifs is 1. The van der Waals surface area contributed by atoms with Crippen LogP contribution in [0, 0.1) is 0 Å². The van der Waals surface area contributed by atoms with Gasteiger partial charge in [0.25, 0.3) is 0 Å². The molecule has 1 N–H and O–H groups in total. The summed E-state index contributed by atoms with van der Waals surface area (Å²) < 4.78 is 0. The second-order valence-electron chi connectivity index (χ2n) is 5.38. The number of anilines is 1. The lowest BCUT2D eigenvalue weighted by Crippen LogP contribution is -2.32. The molecule has 0 aliphatic carbocycles. The van der Waals surface area contributed by atoms with Crippen molar-refractivity contribution in [3.63, 3.8) is 0 Å². The van der Waals surface area contributed by atoms with E-state index < -0.39 is 0 Å². The first kappa shape index (κ1) is 12.2. The Kier molecular flexibility index (Phi) is 3.51. The smallest absolute Gasteiger partial charge is 0.0429 e. The second-order valence-corrected chi connectivity index (χ2v) is 5.38. The maximum Gasteiger partial charge on any atom is 0.0429 e. The molecule has 0 bridgehead atoms. The molecule has 3 rings (SSSR count). The van der Waals surface area contributed by atoms with Crippen LogP contribution in [0.4, 0.5) is 5.69 Å². The fourth-order valence-electron chi connectivity index (χ4n) is 2.82. The average Bonchev–Trinajstić information content (AvgIpc) is 2.81. The van der Waals surface area contributed by atoms with E-state index >= 15 is 0 Å². The van der Waals surface area contributed by atoms with Crippen LogP contribution >= 0.6 is 0 Å². The Morgan fingerprint density at radius 1 is 1.05 bits per heavy atom. The van der Waals surface area contributed by atoms with E-state index in [4.69, 9.17) is 0 Å². The molecule has 2 nitrogen and oxygen atoms in total. The lowest BCUT2D eigenvalue weighted by atomic mass is 10.1. The van der Waals surface area contributed by atoms with Crippen LogP contribution in [-0.4, -0.2) is 24.5 Å². The van der Waals surface area contributed by atoms with Gasteiger partial charge in [-0.15, -0.1) is 0 Å². The summed E-state index contributed by atoms with van der Waals surface area (Å²) in [5.41, 5.74) is 4.13. The van der Waals surface area contributed by atoms with E-state index in [1.165, 1.54) is 16.8 Å². The van der Waals surface area contributed by atoms with Crippen molar-refractivity contribution in [1.82, 2.24) is 4.90 Å². The first-order valence-corrected chi connectivity index (χ1v) is 6.88. The minimum atomic E-state index is 0.533. The Morgan fingerprint density at radius 3 is 2.58 bits per heavy atom. The van der Waals surface area contributed by atoms with Crippen molar-refractivity contribution in [2.24, 2.45) is 0 Å². The topological polar surface area (TPSA) is 15.3 Å². The molecular weight excluding hydrogens is 232 g/mol. The Morgan fingerprint density at radius 2 is 1.79 bits per heavy atom. The van der Waals surface area contributed by atoms with Gasteiger partial charge in [0.2, 0.25) is 0 Å². The van der Waals surface area contributed by atoms with Crippen LogP contribution in [0.25, 0.3) is 0 Å². The molecule has 19 heavy (non-hydrogen) atoms. The van der Waals surface area contributed by atoms with Crippen LogP contribution in [0.2, 0.25) is 0 Å². The van der Waals surface area contributed by atoms with Crippen LogP contribution in [0.1, 0.15) is 11.1 Å². The Bertz CT molecular complexity index is 511. The normalized spacial score (nSPS) is 17.3. The molecule has 1 aliphatic heterocycles. The third kappa shape index (κ3) is 2.96. The minimum Gasteiger partial charge on any atom is -0.380 e. The van der Waals surface area contributed by atoms with Crippen LogP contribution in [-0.2, 0) is 13.0 Å². The predicted octanol–water partition coefficient (Wildman–Crippen LogP) is 3.16. The molecule has 0 amide bonds. The third-order valence-corrected chi connectivity index (χ3v) is 3.67. The number of hydrogen-bond acceptors (Lipinski definition) is 2. The van der Waals surface area contributed by atoms with Gasteiger partial charge in [-0.3, -0.25) is 0 Å². The highest BCUT2D eigenvalue weighted by Crippen LogP contribution is 2.25. The van der Waals surface area contributed by atoms with Gasteiger partial charge in [-0.05, 0) is 30.7 Å². The fraction of sp³-hybridized carbons (Fsp3) is 0.294. The van der Waals surface area contributed by atoms with Crippen LogP contribution in [0.5, 0.6) is 0 Å². The highest BCUT2D eigenvalue weighted by molar-refractivity contribution is 5.56. The lowest BCUT2D eigenvalue weighted by Gasteiger charge is -2.21. The van der Waals surface area contributed by atoms with Crippen molar-refractivity contribution in [2.75, 3.05) is 18.9 Å². The van der Waals surface area contributed by atoms with Gasteiger partial charge in [0.1, 0.15) is 0 Å². The van der Waals surface area contributed by atoms with Gasteiger partial charge in [0.15, 0.2) is 0 Å². The van der Waals surface area contributed by atoms with Crippen molar-refractivity contribution in [1.29, 1.82) is 0 Å². The molecule has 0 fully saturated rings. The zero-order valence-corrected chi connectivity index (χ0v) is 11.3. The number of nitrogens with one attached hydrogen (secondary N) is 1. The Balaban J connectivity index is 1.56. The summed E-state index contributed by atoms with van der Waals surface area (Å²) >= 11 is 0. The van der Waals surface area contributed by atoms with Crippen molar-refractivity contribution < 1.29 is 0 Å². The highest BCUT2D eigenvalue weighted by Gasteiger charge is 2.20. The number of para-hydroxylation sites is 1. The molecule has 1 unspecified atom stereocenters. The lowest BCUT2D eigenvalue weighted by molar-refractivity contribution is 0.312. The molecule has 0 spiro atoms. The van der Waals surface area contributed by atoms with E-state index in [0.29, 0.717) is 6.04 Å². The van der Waals surface area contributed by atoms with Gasteiger partial charge < -0.3 is 10.2 Å². The van der Waals surface area contributed by atoms with E-state index in [0.717, 1.165) is 19.5 Å². The second kappa shape index (κ2) is 5.45. The highest BCUT2D eigenvalue weighted by atomic mass is 15.1. The summed E-state index contributed by atoms with van der Waals surface area (Å²) in [4.78, 5) is 2.39. The van der Waals surface area contributed by atoms with Gasteiger partial charge in [-0.2, -0.15) is 0 Å². The van der Waals surface area contributed by atoms with E-state index in [1.807, 2.05) is 0 Å². The molecular formula is C17H20N2. The molecule has 1 atom stereocenters. The Hall–Kier alpha value is -1.80. The van der Waals surface area contributed by atoms with Gasteiger partial charge in [-0.25, -0.2) is 0 Å². The quantitative estimate of drug-likeness (QED) is 0.899. The minimum absolute atomic E-state index is 0.533. The Labute approximate surface area is 115 Å². The SMILES string of the molecule is CN(Cc1ccccc1)CC1Cc2ccccc2N1. The van der Waals surface area contributed by atoms with Gasteiger partial charge in [-0.1, -0.05) is 48.5 Å². The summed E-state index contributed by atoms with van der Waals surface area (Å²) in [5.74, 6) is 0. The van der Waals surface area contributed by atoms with Gasteiger partial charge in [0, 0.05) is 24.8 Å². The van der Waals surface area contributed by atoms with Crippen molar-refractivity contribution in [3.8, 4) is 0 Å². The molecule has 1 heterocycles. The maximum absolute atomic E-state index is 3.61. The van der Waals surface area contributed by atoms with Crippen molar-refractivity contribution >= 4 is 5.69 Å². The van der Waals surface area contributed by atoms with Gasteiger partial charge in [0.05, 0.1) is 0 Å².